The summed E-state index contributed by atoms with van der Waals surface area (Å²) in [5.41, 5.74) is 0.815. The molecule has 0 amide bonds. The maximum Gasteiger partial charge on any atom is 0.320 e. The molecule has 1 unspecified atom stereocenters. The van der Waals surface area contributed by atoms with E-state index in [9.17, 15) is 9.59 Å². The van der Waals surface area contributed by atoms with Crippen molar-refractivity contribution in [3.8, 4) is 0 Å². The quantitative estimate of drug-likeness (QED) is 0.398. The first-order valence-corrected chi connectivity index (χ1v) is 7.93. The monoisotopic (exact) mass is 305 g/mol. The van der Waals surface area contributed by atoms with Gasteiger partial charge in [0.15, 0.2) is 5.92 Å². The molecular formula is C17H23NO4. The largest absolute Gasteiger partial charge is 0.465 e. The van der Waals surface area contributed by atoms with Crippen LogP contribution in [0.25, 0.3) is 0 Å². The molecule has 0 saturated heterocycles. The van der Waals surface area contributed by atoms with Crippen LogP contribution in [0.2, 0.25) is 0 Å². The van der Waals surface area contributed by atoms with Crippen LogP contribution in [-0.4, -0.2) is 30.1 Å². The van der Waals surface area contributed by atoms with E-state index < -0.39 is 17.9 Å². The van der Waals surface area contributed by atoms with Gasteiger partial charge in [-0.05, 0) is 43.7 Å². The summed E-state index contributed by atoms with van der Waals surface area (Å²) in [5.74, 6) is -1.13. The fourth-order valence-corrected chi connectivity index (χ4v) is 2.31. The molecule has 0 aliphatic heterocycles. The highest BCUT2D eigenvalue weighted by Gasteiger charge is 2.30. The molecule has 0 aromatic carbocycles. The van der Waals surface area contributed by atoms with Crippen molar-refractivity contribution in [1.29, 1.82) is 0 Å². The van der Waals surface area contributed by atoms with E-state index in [1.165, 1.54) is 12.8 Å². The molecule has 1 saturated carbocycles. The van der Waals surface area contributed by atoms with Crippen LogP contribution in [0.1, 0.15) is 38.2 Å². The lowest BCUT2D eigenvalue weighted by atomic mass is 10.0. The first-order chi connectivity index (χ1) is 10.7. The van der Waals surface area contributed by atoms with Crippen LogP contribution in [0.3, 0.4) is 0 Å². The molecule has 1 aliphatic rings. The minimum absolute atomic E-state index is 0.247. The molecule has 1 fully saturated rings. The number of carbonyl (C=O) groups is 2. The Morgan fingerprint density at radius 2 is 2.09 bits per heavy atom. The van der Waals surface area contributed by atoms with Crippen LogP contribution in [0.4, 0.5) is 0 Å². The van der Waals surface area contributed by atoms with Gasteiger partial charge in [-0.15, -0.1) is 0 Å². The van der Waals surface area contributed by atoms with E-state index in [-0.39, 0.29) is 13.0 Å². The minimum atomic E-state index is -0.912. The Labute approximate surface area is 131 Å². The Morgan fingerprint density at radius 3 is 2.73 bits per heavy atom. The second-order valence-corrected chi connectivity index (χ2v) is 5.62. The molecule has 5 heteroatoms. The van der Waals surface area contributed by atoms with Gasteiger partial charge >= 0.3 is 11.9 Å². The van der Waals surface area contributed by atoms with E-state index in [0.29, 0.717) is 6.61 Å². The van der Waals surface area contributed by atoms with E-state index >= 15 is 0 Å². The molecule has 1 aliphatic carbocycles. The van der Waals surface area contributed by atoms with E-state index in [2.05, 4.69) is 4.98 Å². The van der Waals surface area contributed by atoms with Crippen LogP contribution in [0, 0.1) is 11.8 Å². The zero-order valence-electron chi connectivity index (χ0n) is 13.0. The number of nitrogens with zero attached hydrogens (tertiary/aromatic N) is 1. The molecular weight excluding hydrogens is 282 g/mol. The summed E-state index contributed by atoms with van der Waals surface area (Å²) in [6, 6.07) is 3.61. The molecule has 1 atom stereocenters. The van der Waals surface area contributed by atoms with Crippen molar-refractivity contribution in [2.45, 2.75) is 39.0 Å². The molecule has 120 valence electrons. The summed E-state index contributed by atoms with van der Waals surface area (Å²) in [4.78, 5) is 28.2. The summed E-state index contributed by atoms with van der Waals surface area (Å²) in [6.07, 6.45) is 8.10. The molecule has 1 aromatic heterocycles. The van der Waals surface area contributed by atoms with Crippen molar-refractivity contribution in [3.05, 3.63) is 30.1 Å². The third-order valence-corrected chi connectivity index (χ3v) is 3.72. The van der Waals surface area contributed by atoms with Gasteiger partial charge in [-0.1, -0.05) is 18.9 Å². The van der Waals surface area contributed by atoms with E-state index in [0.717, 1.165) is 24.3 Å². The molecule has 2 rings (SSSR count). The smallest absolute Gasteiger partial charge is 0.320 e. The summed E-state index contributed by atoms with van der Waals surface area (Å²) in [6.45, 7) is 2.34. The number of aromatic nitrogens is 1. The summed E-state index contributed by atoms with van der Waals surface area (Å²) < 4.78 is 10.3. The lowest BCUT2D eigenvalue weighted by Gasteiger charge is -2.14. The normalized spacial score (nSPS) is 15.1. The van der Waals surface area contributed by atoms with E-state index in [1.807, 2.05) is 6.07 Å². The highest BCUT2D eigenvalue weighted by Crippen LogP contribution is 2.33. The maximum absolute atomic E-state index is 12.2. The summed E-state index contributed by atoms with van der Waals surface area (Å²) >= 11 is 0. The van der Waals surface area contributed by atoms with Crippen molar-refractivity contribution in [2.24, 2.45) is 11.8 Å². The number of hydrogen-bond donors (Lipinski definition) is 0. The van der Waals surface area contributed by atoms with Crippen LogP contribution in [0.15, 0.2) is 24.5 Å². The van der Waals surface area contributed by atoms with Gasteiger partial charge < -0.3 is 9.47 Å². The molecule has 0 radical (unpaired) electrons. The highest BCUT2D eigenvalue weighted by molar-refractivity contribution is 5.95. The second-order valence-electron chi connectivity index (χ2n) is 5.62. The summed E-state index contributed by atoms with van der Waals surface area (Å²) in [5, 5.41) is 0. The zero-order chi connectivity index (χ0) is 15.8. The minimum Gasteiger partial charge on any atom is -0.465 e. The molecule has 5 nitrogen and oxygen atoms in total. The van der Waals surface area contributed by atoms with Crippen molar-refractivity contribution >= 4 is 11.9 Å². The number of ether oxygens (including phenoxy) is 2. The number of hydrogen-bond acceptors (Lipinski definition) is 5. The lowest BCUT2D eigenvalue weighted by molar-refractivity contribution is -0.161. The third kappa shape index (κ3) is 5.47. The number of pyridine rings is 1. The first-order valence-electron chi connectivity index (χ1n) is 7.93. The molecule has 0 bridgehead atoms. The Kier molecular flexibility index (Phi) is 6.37. The van der Waals surface area contributed by atoms with Gasteiger partial charge in [-0.3, -0.25) is 14.6 Å². The Bertz CT molecular complexity index is 485. The average molecular weight is 305 g/mol. The SMILES string of the molecule is CCOC(=O)C(Cc1cccnc1)C(=O)OCCCC1CC1. The fourth-order valence-electron chi connectivity index (χ4n) is 2.31. The van der Waals surface area contributed by atoms with Gasteiger partial charge in [0.05, 0.1) is 13.2 Å². The van der Waals surface area contributed by atoms with Gasteiger partial charge in [-0.25, -0.2) is 0 Å². The topological polar surface area (TPSA) is 65.5 Å². The Hall–Kier alpha value is -1.91. The van der Waals surface area contributed by atoms with E-state index in [1.54, 1.807) is 25.4 Å². The standard InChI is InChI=1S/C17H23NO4/c1-2-21-16(19)15(11-14-5-3-9-18-12-14)17(20)22-10-4-6-13-7-8-13/h3,5,9,12-13,15H,2,4,6-8,10-11H2,1H3. The first kappa shape index (κ1) is 16.5. The second kappa shape index (κ2) is 8.51. The van der Waals surface area contributed by atoms with Crippen LogP contribution in [-0.2, 0) is 25.5 Å². The average Bonchev–Trinajstić information content (AvgIpc) is 3.34. The third-order valence-electron chi connectivity index (χ3n) is 3.72. The van der Waals surface area contributed by atoms with Gasteiger partial charge in [0.1, 0.15) is 0 Å². The van der Waals surface area contributed by atoms with E-state index in [4.69, 9.17) is 9.47 Å². The predicted molar refractivity (Wildman–Crippen MR) is 81.0 cm³/mol. The lowest BCUT2D eigenvalue weighted by Crippen LogP contribution is -2.30. The van der Waals surface area contributed by atoms with Crippen molar-refractivity contribution in [3.63, 3.8) is 0 Å². The van der Waals surface area contributed by atoms with Crippen LogP contribution < -0.4 is 0 Å². The molecule has 1 aromatic rings. The molecule has 0 spiro atoms. The van der Waals surface area contributed by atoms with Crippen molar-refractivity contribution in [1.82, 2.24) is 4.98 Å². The number of esters is 2. The number of rotatable bonds is 9. The van der Waals surface area contributed by atoms with Crippen LogP contribution >= 0.6 is 0 Å². The van der Waals surface area contributed by atoms with Gasteiger partial charge in [-0.2, -0.15) is 0 Å². The molecule has 0 N–H and O–H groups in total. The van der Waals surface area contributed by atoms with Gasteiger partial charge in [0.25, 0.3) is 0 Å². The van der Waals surface area contributed by atoms with Crippen molar-refractivity contribution < 1.29 is 19.1 Å². The Morgan fingerprint density at radius 1 is 1.32 bits per heavy atom. The van der Waals surface area contributed by atoms with Crippen molar-refractivity contribution in [2.75, 3.05) is 13.2 Å². The van der Waals surface area contributed by atoms with Crippen LogP contribution in [0.5, 0.6) is 0 Å². The molecule has 22 heavy (non-hydrogen) atoms. The number of carbonyl (C=O) groups excluding carboxylic acids is 2. The molecule has 1 heterocycles. The fraction of sp³-hybridized carbons (Fsp3) is 0.588. The van der Waals surface area contributed by atoms with Gasteiger partial charge in [0.2, 0.25) is 0 Å². The Balaban J connectivity index is 1.87. The van der Waals surface area contributed by atoms with Gasteiger partial charge in [0, 0.05) is 12.4 Å². The zero-order valence-corrected chi connectivity index (χ0v) is 13.0. The maximum atomic E-state index is 12.2. The summed E-state index contributed by atoms with van der Waals surface area (Å²) in [7, 11) is 0. The predicted octanol–water partition coefficient (Wildman–Crippen LogP) is 2.54. The highest BCUT2D eigenvalue weighted by atomic mass is 16.6.